The van der Waals surface area contributed by atoms with Crippen LogP contribution in [0.15, 0.2) is 24.3 Å². The molecule has 2 aromatic rings. The van der Waals surface area contributed by atoms with Crippen LogP contribution in [0.1, 0.15) is 43.2 Å². The van der Waals surface area contributed by atoms with Crippen LogP contribution in [-0.2, 0) is 16.2 Å². The molecule has 2 fully saturated rings. The van der Waals surface area contributed by atoms with Crippen molar-refractivity contribution in [3.8, 4) is 11.3 Å². The molecule has 1 aromatic heterocycles. The van der Waals surface area contributed by atoms with E-state index in [1.807, 2.05) is 6.07 Å². The van der Waals surface area contributed by atoms with Gasteiger partial charge in [-0.25, -0.2) is 8.42 Å². The molecule has 11 heteroatoms. The summed E-state index contributed by atoms with van der Waals surface area (Å²) in [6.07, 6.45) is 2.04. The maximum absolute atomic E-state index is 13.2. The Kier molecular flexibility index (Phi) is 6.54. The third-order valence-electron chi connectivity index (χ3n) is 6.30. The van der Waals surface area contributed by atoms with Crippen LogP contribution >= 0.6 is 0 Å². The van der Waals surface area contributed by atoms with Crippen LogP contribution in [0, 0.1) is 6.92 Å². The quantitative estimate of drug-likeness (QED) is 0.661. The molecule has 3 heterocycles. The number of hydrogen-bond donors (Lipinski definition) is 2. The van der Waals surface area contributed by atoms with Crippen molar-refractivity contribution >= 4 is 21.5 Å². The zero-order valence-corrected chi connectivity index (χ0v) is 19.4. The minimum Gasteiger partial charge on any atom is -0.364 e. The first-order chi connectivity index (χ1) is 15.5. The molecule has 4 rings (SSSR count). The molecule has 2 aliphatic rings. The van der Waals surface area contributed by atoms with Gasteiger partial charge in [0.1, 0.15) is 5.82 Å². The van der Waals surface area contributed by atoms with Crippen LogP contribution in [0.2, 0.25) is 0 Å². The number of sulfonamides is 1. The summed E-state index contributed by atoms with van der Waals surface area (Å²) in [5.41, 5.74) is 0.107. The fourth-order valence-corrected chi connectivity index (χ4v) is 5.42. The van der Waals surface area contributed by atoms with E-state index in [0.717, 1.165) is 50.7 Å². The number of benzene rings is 1. The number of hydrogen-bond acceptors (Lipinski definition) is 6. The van der Waals surface area contributed by atoms with E-state index < -0.39 is 21.8 Å². The molecular formula is C22H28F3N5O2S. The summed E-state index contributed by atoms with van der Waals surface area (Å²) in [6.45, 7) is 4.03. The smallest absolute Gasteiger partial charge is 0.364 e. The molecule has 0 radical (unpaired) electrons. The zero-order valence-electron chi connectivity index (χ0n) is 18.6. The summed E-state index contributed by atoms with van der Waals surface area (Å²) in [5.74, 6) is 0.609. The van der Waals surface area contributed by atoms with Crippen LogP contribution in [-0.4, -0.2) is 54.9 Å². The minimum absolute atomic E-state index is 0.185. The molecule has 0 aliphatic carbocycles. The molecule has 0 spiro atoms. The number of alkyl halides is 3. The molecule has 0 unspecified atom stereocenters. The van der Waals surface area contributed by atoms with Gasteiger partial charge < -0.3 is 5.32 Å². The molecule has 7 nitrogen and oxygen atoms in total. The summed E-state index contributed by atoms with van der Waals surface area (Å²) in [5, 5.41) is 12.0. The van der Waals surface area contributed by atoms with Gasteiger partial charge in [-0.05, 0) is 69.5 Å². The summed E-state index contributed by atoms with van der Waals surface area (Å²) in [4.78, 5) is 2.53. The van der Waals surface area contributed by atoms with Crippen molar-refractivity contribution in [2.75, 3.05) is 29.4 Å². The second-order valence-corrected chi connectivity index (χ2v) is 10.6. The lowest BCUT2D eigenvalue weighted by Crippen LogP contribution is -2.53. The monoisotopic (exact) mass is 483 g/mol. The fraction of sp³-hybridized carbons (Fsp3) is 0.545. The first-order valence-corrected chi connectivity index (χ1v) is 12.9. The van der Waals surface area contributed by atoms with E-state index in [1.165, 1.54) is 18.9 Å². The highest BCUT2D eigenvalue weighted by Crippen LogP contribution is 2.37. The Morgan fingerprint density at radius 1 is 1.06 bits per heavy atom. The Balaban J connectivity index is 1.62. The van der Waals surface area contributed by atoms with E-state index in [-0.39, 0.29) is 17.3 Å². The van der Waals surface area contributed by atoms with Gasteiger partial charge in [-0.15, -0.1) is 10.2 Å². The molecule has 0 saturated carbocycles. The van der Waals surface area contributed by atoms with Crippen molar-refractivity contribution in [2.45, 2.75) is 57.3 Å². The number of nitrogens with zero attached hydrogens (tertiary/aromatic N) is 3. The average molecular weight is 484 g/mol. The van der Waals surface area contributed by atoms with Crippen LogP contribution in [0.5, 0.6) is 0 Å². The van der Waals surface area contributed by atoms with E-state index >= 15 is 0 Å². The summed E-state index contributed by atoms with van der Waals surface area (Å²) in [6, 6.07) is 5.47. The van der Waals surface area contributed by atoms with Crippen LogP contribution in [0.25, 0.3) is 11.3 Å². The van der Waals surface area contributed by atoms with E-state index in [9.17, 15) is 21.6 Å². The number of aryl methyl sites for hydroxylation is 1. The standard InChI is InChI=1S/C22H28F3N5O2S/c1-14-12-20(26-17-6-5-11-30-10-4-3-7-19(17)30)27-28-21(14)16-9-8-15(22(23,24)25)13-18(16)29-33(2,31)32/h8-9,12-13,17,19,29H,3-7,10-11H2,1-2H3,(H,26,27)/t17-,19-/m1/s1. The van der Waals surface area contributed by atoms with Gasteiger partial charge in [0.15, 0.2) is 0 Å². The maximum atomic E-state index is 13.2. The molecular weight excluding hydrogens is 455 g/mol. The predicted molar refractivity (Wildman–Crippen MR) is 122 cm³/mol. The lowest BCUT2D eigenvalue weighted by atomic mass is 9.89. The number of rotatable bonds is 5. The van der Waals surface area contributed by atoms with Gasteiger partial charge in [0.2, 0.25) is 10.0 Å². The lowest BCUT2D eigenvalue weighted by Gasteiger charge is -2.44. The van der Waals surface area contributed by atoms with Crippen molar-refractivity contribution in [3.63, 3.8) is 0 Å². The van der Waals surface area contributed by atoms with Crippen LogP contribution < -0.4 is 10.0 Å². The number of aromatic nitrogens is 2. The van der Waals surface area contributed by atoms with E-state index in [0.29, 0.717) is 23.1 Å². The molecule has 0 bridgehead atoms. The Labute approximate surface area is 191 Å². The highest BCUT2D eigenvalue weighted by molar-refractivity contribution is 7.92. The van der Waals surface area contributed by atoms with E-state index in [4.69, 9.17) is 0 Å². The fourth-order valence-electron chi connectivity index (χ4n) is 4.85. The van der Waals surface area contributed by atoms with Gasteiger partial charge >= 0.3 is 6.18 Å². The SMILES string of the molecule is Cc1cc(N[C@@H]2CCCN3CCCC[C@H]23)nnc1-c1ccc(C(F)(F)F)cc1NS(C)(=O)=O. The minimum atomic E-state index is -4.60. The second-order valence-electron chi connectivity index (χ2n) is 8.89. The number of piperidine rings is 2. The van der Waals surface area contributed by atoms with Gasteiger partial charge in [-0.1, -0.05) is 12.5 Å². The Bertz CT molecular complexity index is 1120. The van der Waals surface area contributed by atoms with Crippen molar-refractivity contribution in [2.24, 2.45) is 0 Å². The van der Waals surface area contributed by atoms with Gasteiger partial charge in [-0.2, -0.15) is 13.2 Å². The number of halogens is 3. The van der Waals surface area contributed by atoms with E-state index in [1.54, 1.807) is 6.92 Å². The number of fused-ring (bicyclic) bond motifs is 1. The van der Waals surface area contributed by atoms with Crippen molar-refractivity contribution in [1.29, 1.82) is 0 Å². The lowest BCUT2D eigenvalue weighted by molar-refractivity contribution is -0.137. The molecule has 2 atom stereocenters. The maximum Gasteiger partial charge on any atom is 0.416 e. The van der Waals surface area contributed by atoms with Gasteiger partial charge in [0.05, 0.1) is 23.2 Å². The van der Waals surface area contributed by atoms with Crippen LogP contribution in [0.3, 0.4) is 0 Å². The average Bonchev–Trinajstić information content (AvgIpc) is 2.73. The molecule has 0 amide bonds. The molecule has 2 saturated heterocycles. The molecule has 2 aliphatic heterocycles. The molecule has 180 valence electrons. The van der Waals surface area contributed by atoms with Crippen molar-refractivity contribution in [1.82, 2.24) is 15.1 Å². The Hall–Kier alpha value is -2.40. The molecule has 2 N–H and O–H groups in total. The van der Waals surface area contributed by atoms with E-state index in [2.05, 4.69) is 25.1 Å². The highest BCUT2D eigenvalue weighted by Gasteiger charge is 2.34. The van der Waals surface area contributed by atoms with Crippen molar-refractivity contribution in [3.05, 3.63) is 35.4 Å². The van der Waals surface area contributed by atoms with Crippen molar-refractivity contribution < 1.29 is 21.6 Å². The number of anilines is 2. The normalized spacial score (nSPS) is 22.0. The first kappa shape index (κ1) is 23.7. The van der Waals surface area contributed by atoms with Gasteiger partial charge in [-0.3, -0.25) is 9.62 Å². The first-order valence-electron chi connectivity index (χ1n) is 11.1. The number of nitrogens with one attached hydrogen (secondary N) is 2. The third-order valence-corrected chi connectivity index (χ3v) is 6.89. The molecule has 33 heavy (non-hydrogen) atoms. The Morgan fingerprint density at radius 3 is 2.52 bits per heavy atom. The topological polar surface area (TPSA) is 87.2 Å². The van der Waals surface area contributed by atoms with Gasteiger partial charge in [0, 0.05) is 17.6 Å². The summed E-state index contributed by atoms with van der Waals surface area (Å²) < 4.78 is 65.3. The molecule has 1 aromatic carbocycles. The second kappa shape index (κ2) is 9.09. The predicted octanol–water partition coefficient (Wildman–Crippen LogP) is 4.27. The Morgan fingerprint density at radius 2 is 1.82 bits per heavy atom. The highest BCUT2D eigenvalue weighted by atomic mass is 32.2. The zero-order chi connectivity index (χ0) is 23.8. The largest absolute Gasteiger partial charge is 0.416 e. The summed E-state index contributed by atoms with van der Waals surface area (Å²) >= 11 is 0. The summed E-state index contributed by atoms with van der Waals surface area (Å²) in [7, 11) is -3.80. The third kappa shape index (κ3) is 5.57. The van der Waals surface area contributed by atoms with Gasteiger partial charge in [0.25, 0.3) is 0 Å². The van der Waals surface area contributed by atoms with Crippen LogP contribution in [0.4, 0.5) is 24.7 Å².